The van der Waals surface area contributed by atoms with Gasteiger partial charge in [0, 0.05) is 104 Å². The normalized spacial score (nSPS) is 17.3. The van der Waals surface area contributed by atoms with E-state index >= 15 is 0 Å². The summed E-state index contributed by atoms with van der Waals surface area (Å²) in [5.41, 5.74) is 4.50. The molecule has 0 unspecified atom stereocenters. The molecule has 0 atom stereocenters. The fraction of sp³-hybridized carbons (Fsp3) is 0.518. The van der Waals surface area contributed by atoms with E-state index in [9.17, 15) is 14.4 Å². The largest absolute Gasteiger partial charge is 0.495 e. The lowest BCUT2D eigenvalue weighted by Crippen LogP contribution is -2.50. The van der Waals surface area contributed by atoms with Gasteiger partial charge in [-0.3, -0.25) is 24.2 Å². The maximum absolute atomic E-state index is 13.8. The number of rotatable bonds is 16. The van der Waals surface area contributed by atoms with Gasteiger partial charge in [-0.15, -0.1) is 0 Å². The zero-order valence-corrected chi connectivity index (χ0v) is 42.0. The van der Waals surface area contributed by atoms with E-state index in [0.717, 1.165) is 157 Å². The van der Waals surface area contributed by atoms with E-state index < -0.39 is 0 Å². The minimum Gasteiger partial charge on any atom is -0.495 e. The van der Waals surface area contributed by atoms with Crippen molar-refractivity contribution in [3.8, 4) is 17.2 Å². The van der Waals surface area contributed by atoms with Crippen LogP contribution < -0.4 is 33.8 Å². The molecular weight excluding hydrogens is 867 g/mol. The Morgan fingerprint density at radius 3 is 1.29 bits per heavy atom. The summed E-state index contributed by atoms with van der Waals surface area (Å²) in [6.07, 6.45) is 10.9. The van der Waals surface area contributed by atoms with Crippen LogP contribution in [0.3, 0.4) is 0 Å². The lowest BCUT2D eigenvalue weighted by molar-refractivity contribution is -0.124. The number of methoxy groups -OCH3 is 3. The van der Waals surface area contributed by atoms with Crippen LogP contribution in [0, 0.1) is 11.8 Å². The molecule has 3 amide bonds. The number of benzene rings is 4. The molecule has 4 aromatic rings. The molecule has 2 heterocycles. The van der Waals surface area contributed by atoms with Crippen LogP contribution in [-0.2, 0) is 9.59 Å². The molecule has 0 bridgehead atoms. The minimum absolute atomic E-state index is 0.0451. The van der Waals surface area contributed by atoms with Gasteiger partial charge in [-0.1, -0.05) is 87.1 Å². The maximum Gasteiger partial charge on any atom is 0.255 e. The summed E-state index contributed by atoms with van der Waals surface area (Å²) in [5, 5.41) is 0. The third-order valence-electron chi connectivity index (χ3n) is 14.5. The van der Waals surface area contributed by atoms with Gasteiger partial charge in [-0.2, -0.15) is 0 Å². The molecule has 0 radical (unpaired) electrons. The molecular formula is C56H77N7O6. The molecule has 4 aliphatic rings. The van der Waals surface area contributed by atoms with Crippen molar-refractivity contribution in [2.75, 3.05) is 134 Å². The predicted octanol–water partition coefficient (Wildman–Crippen LogP) is 8.57. The number of nitrogens with zero attached hydrogens (tertiary/aromatic N) is 7. The average Bonchev–Trinajstić information content (AvgIpc) is 3.41. The molecule has 4 fully saturated rings. The van der Waals surface area contributed by atoms with Gasteiger partial charge in [0.1, 0.15) is 17.2 Å². The van der Waals surface area contributed by atoms with E-state index in [1.54, 1.807) is 40.3 Å². The van der Waals surface area contributed by atoms with Crippen LogP contribution in [-0.4, -0.2) is 146 Å². The predicted molar refractivity (Wildman–Crippen MR) is 279 cm³/mol. The topological polar surface area (TPSA) is 102 Å². The van der Waals surface area contributed by atoms with E-state index in [-0.39, 0.29) is 29.6 Å². The van der Waals surface area contributed by atoms with Crippen molar-refractivity contribution in [3.63, 3.8) is 0 Å². The van der Waals surface area contributed by atoms with E-state index in [2.05, 4.69) is 37.8 Å². The summed E-state index contributed by atoms with van der Waals surface area (Å²) in [6.45, 7) is 10.4. The van der Waals surface area contributed by atoms with Crippen LogP contribution in [0.4, 0.5) is 22.7 Å². The summed E-state index contributed by atoms with van der Waals surface area (Å²) in [5.74, 6) is 3.12. The highest BCUT2D eigenvalue weighted by Crippen LogP contribution is 2.34. The van der Waals surface area contributed by atoms with Crippen molar-refractivity contribution >= 4 is 40.5 Å². The number of carbonyl (C=O) groups excluding carboxylic acids is 3. The number of amides is 3. The Bertz CT molecular complexity index is 2250. The molecule has 4 aromatic carbocycles. The Hall–Kier alpha value is -5.79. The second-order valence-corrected chi connectivity index (χ2v) is 19.0. The van der Waals surface area contributed by atoms with Gasteiger partial charge in [0.05, 0.1) is 49.6 Å². The van der Waals surface area contributed by atoms with Gasteiger partial charge >= 0.3 is 0 Å². The summed E-state index contributed by atoms with van der Waals surface area (Å²) < 4.78 is 16.7. The van der Waals surface area contributed by atoms with Gasteiger partial charge in [0.2, 0.25) is 11.8 Å². The van der Waals surface area contributed by atoms with Crippen molar-refractivity contribution in [1.82, 2.24) is 14.7 Å². The molecule has 0 N–H and O–H groups in total. The quantitative estimate of drug-likeness (QED) is 0.109. The van der Waals surface area contributed by atoms with E-state index in [1.165, 1.54) is 12.8 Å². The first-order chi connectivity index (χ1) is 33.7. The molecule has 8 rings (SSSR count). The first-order valence-corrected chi connectivity index (χ1v) is 25.5. The summed E-state index contributed by atoms with van der Waals surface area (Å²) in [6, 6.07) is 31.8. The second kappa shape index (κ2) is 25.7. The van der Waals surface area contributed by atoms with Gasteiger partial charge < -0.3 is 38.7 Å². The number of anilines is 4. The van der Waals surface area contributed by atoms with Crippen LogP contribution in [0.15, 0.2) is 97.1 Å². The fourth-order valence-corrected chi connectivity index (χ4v) is 10.5. The van der Waals surface area contributed by atoms with Crippen LogP contribution in [0.25, 0.3) is 0 Å². The highest BCUT2D eigenvalue weighted by Gasteiger charge is 2.32. The van der Waals surface area contributed by atoms with Crippen molar-refractivity contribution in [2.45, 2.75) is 64.2 Å². The Morgan fingerprint density at radius 2 is 0.855 bits per heavy atom. The third-order valence-corrected chi connectivity index (χ3v) is 14.5. The van der Waals surface area contributed by atoms with Crippen LogP contribution in [0.2, 0.25) is 0 Å². The molecule has 2 saturated heterocycles. The lowest BCUT2D eigenvalue weighted by atomic mass is 9.88. The minimum atomic E-state index is -0.0718. The first-order valence-electron chi connectivity index (χ1n) is 25.5. The summed E-state index contributed by atoms with van der Waals surface area (Å²) in [7, 11) is 8.64. The van der Waals surface area contributed by atoms with E-state index in [0.29, 0.717) is 18.7 Å². The molecule has 2 aliphatic heterocycles. The smallest absolute Gasteiger partial charge is 0.255 e. The standard InChI is InChI=1S/C29H40N4O3.C27H37N3O3/c1-30(2)29(35)24-13-7-8-14-25(24)33(28(34)23-11-5-4-6-12-23)22-19-31-17-20-32(21-18-31)26-15-9-10-16-27(26)36-3;1-32-25-14-8-6-12-23(25)29-19-16-28(17-20-29)18-21-30(24-13-7-9-15-26(24)33-2)27(31)22-10-4-3-5-11-22/h7-10,13-16,23H,4-6,11-12,17-22H2,1-3H3;6-9,12-15,22H,3-5,10-11,16-21H2,1-2H3. The van der Waals surface area contributed by atoms with Gasteiger partial charge in [0.25, 0.3) is 5.91 Å². The molecule has 13 heteroatoms. The second-order valence-electron chi connectivity index (χ2n) is 19.0. The number of para-hydroxylation sites is 7. The number of ether oxygens (including phenoxy) is 3. The zero-order chi connectivity index (χ0) is 48.5. The Labute approximate surface area is 411 Å². The molecule has 69 heavy (non-hydrogen) atoms. The van der Waals surface area contributed by atoms with E-state index in [4.69, 9.17) is 14.2 Å². The summed E-state index contributed by atoms with van der Waals surface area (Å²) in [4.78, 5) is 55.4. The number of hydrogen-bond acceptors (Lipinski definition) is 10. The Balaban J connectivity index is 0.000000205. The number of carbonyl (C=O) groups is 3. The molecule has 2 aliphatic carbocycles. The van der Waals surface area contributed by atoms with Crippen molar-refractivity contribution in [3.05, 3.63) is 103 Å². The highest BCUT2D eigenvalue weighted by molar-refractivity contribution is 6.05. The van der Waals surface area contributed by atoms with E-state index in [1.807, 2.05) is 88.7 Å². The zero-order valence-electron chi connectivity index (χ0n) is 42.0. The fourth-order valence-electron chi connectivity index (χ4n) is 10.5. The molecule has 0 spiro atoms. The molecule has 0 aromatic heterocycles. The average molecular weight is 944 g/mol. The lowest BCUT2D eigenvalue weighted by Gasteiger charge is -2.38. The van der Waals surface area contributed by atoms with Gasteiger partial charge in [-0.25, -0.2) is 0 Å². The highest BCUT2D eigenvalue weighted by atomic mass is 16.5. The maximum atomic E-state index is 13.8. The SMILES string of the molecule is COc1ccccc1N1CCN(CCN(C(=O)C2CCCCC2)c2ccccc2C(=O)N(C)C)CC1.COc1ccccc1N1CCN(CCN(C(=O)C2CCCCC2)c2ccccc2OC)CC1. The van der Waals surface area contributed by atoms with Crippen LogP contribution in [0.1, 0.15) is 74.6 Å². The molecule has 372 valence electrons. The number of piperazine rings is 2. The first kappa shape index (κ1) is 51.1. The third kappa shape index (κ3) is 13.3. The molecule has 13 nitrogen and oxygen atoms in total. The van der Waals surface area contributed by atoms with Gasteiger partial charge in [-0.05, 0) is 74.2 Å². The van der Waals surface area contributed by atoms with Gasteiger partial charge in [0.15, 0.2) is 0 Å². The Morgan fingerprint density at radius 1 is 0.478 bits per heavy atom. The van der Waals surface area contributed by atoms with Crippen molar-refractivity contribution in [1.29, 1.82) is 0 Å². The summed E-state index contributed by atoms with van der Waals surface area (Å²) >= 11 is 0. The number of hydrogen-bond donors (Lipinski definition) is 0. The van der Waals surface area contributed by atoms with Crippen molar-refractivity contribution < 1.29 is 28.6 Å². The molecule has 2 saturated carbocycles. The Kier molecular flexibility index (Phi) is 19.0. The monoisotopic (exact) mass is 944 g/mol. The van der Waals surface area contributed by atoms with Crippen LogP contribution in [0.5, 0.6) is 17.2 Å². The van der Waals surface area contributed by atoms with Crippen LogP contribution >= 0.6 is 0 Å². The van der Waals surface area contributed by atoms with Crippen molar-refractivity contribution in [2.24, 2.45) is 11.8 Å².